The Labute approximate surface area is 161 Å². The smallest absolute Gasteiger partial charge is 0.0858 e. The molecule has 3 aromatic rings. The van der Waals surface area contributed by atoms with Crippen LogP contribution in [-0.2, 0) is 0 Å². The molecule has 0 atom stereocenters. The van der Waals surface area contributed by atoms with Crippen LogP contribution in [0.1, 0.15) is 25.0 Å². The molecular weight excluding hydrogens is 330 g/mol. The number of nitrogens with zero attached hydrogens (tertiary/aromatic N) is 3. The van der Waals surface area contributed by atoms with Crippen molar-refractivity contribution in [3.8, 4) is 11.8 Å². The predicted molar refractivity (Wildman–Crippen MR) is 113 cm³/mol. The molecule has 0 fully saturated rings. The highest BCUT2D eigenvalue weighted by Gasteiger charge is 2.00. The average molecular weight is 353 g/mol. The molecule has 0 aromatic heterocycles. The Bertz CT molecular complexity index is 927. The molecule has 0 bridgehead atoms. The summed E-state index contributed by atoms with van der Waals surface area (Å²) in [4.78, 5) is 2.30. The fourth-order valence-electron chi connectivity index (χ4n) is 2.71. The van der Waals surface area contributed by atoms with Crippen molar-refractivity contribution < 1.29 is 0 Å². The first-order chi connectivity index (χ1) is 13.3. The van der Waals surface area contributed by atoms with E-state index in [0.717, 1.165) is 35.6 Å². The molecule has 0 amide bonds. The van der Waals surface area contributed by atoms with Crippen LogP contribution in [-0.4, -0.2) is 13.1 Å². The van der Waals surface area contributed by atoms with Crippen molar-refractivity contribution in [2.45, 2.75) is 13.8 Å². The molecule has 0 heterocycles. The summed E-state index contributed by atoms with van der Waals surface area (Å²) < 4.78 is 0. The normalized spacial score (nSPS) is 10.4. The summed E-state index contributed by atoms with van der Waals surface area (Å²) >= 11 is 0. The first-order valence-electron chi connectivity index (χ1n) is 9.22. The fraction of sp³-hybridized carbons (Fsp3) is 0.167. The first kappa shape index (κ1) is 18.4. The zero-order chi connectivity index (χ0) is 18.9. The Balaban J connectivity index is 1.65. The summed E-state index contributed by atoms with van der Waals surface area (Å²) in [5.41, 5.74) is 4.84. The molecule has 0 aliphatic rings. The molecule has 3 heteroatoms. The minimum Gasteiger partial charge on any atom is -0.372 e. The third kappa shape index (κ3) is 5.29. The van der Waals surface area contributed by atoms with E-state index in [9.17, 15) is 0 Å². The van der Waals surface area contributed by atoms with E-state index in [1.165, 1.54) is 5.69 Å². The first-order valence-corrected chi connectivity index (χ1v) is 9.22. The van der Waals surface area contributed by atoms with Crippen molar-refractivity contribution in [3.05, 3.63) is 90.0 Å². The molecule has 3 aromatic carbocycles. The van der Waals surface area contributed by atoms with Gasteiger partial charge in [0.2, 0.25) is 0 Å². The van der Waals surface area contributed by atoms with Gasteiger partial charge in [-0.3, -0.25) is 0 Å². The fourth-order valence-corrected chi connectivity index (χ4v) is 2.71. The van der Waals surface area contributed by atoms with Crippen molar-refractivity contribution in [1.29, 1.82) is 0 Å². The number of hydrogen-bond donors (Lipinski definition) is 0. The van der Waals surface area contributed by atoms with Crippen LogP contribution >= 0.6 is 0 Å². The molecule has 0 aliphatic heterocycles. The van der Waals surface area contributed by atoms with Crippen molar-refractivity contribution in [1.82, 2.24) is 0 Å². The van der Waals surface area contributed by atoms with Crippen LogP contribution in [0, 0.1) is 11.8 Å². The lowest BCUT2D eigenvalue weighted by atomic mass is 10.2. The Kier molecular flexibility index (Phi) is 6.38. The van der Waals surface area contributed by atoms with Crippen LogP contribution in [0.25, 0.3) is 0 Å². The predicted octanol–water partition coefficient (Wildman–Crippen LogP) is 6.35. The van der Waals surface area contributed by atoms with E-state index >= 15 is 0 Å². The quantitative estimate of drug-likeness (QED) is 0.388. The minimum atomic E-state index is 0.813. The van der Waals surface area contributed by atoms with Gasteiger partial charge in [-0.15, -0.1) is 0 Å². The number of benzene rings is 3. The van der Waals surface area contributed by atoms with Crippen LogP contribution < -0.4 is 4.90 Å². The van der Waals surface area contributed by atoms with Crippen molar-refractivity contribution in [2.75, 3.05) is 18.0 Å². The van der Waals surface area contributed by atoms with Gasteiger partial charge in [-0.1, -0.05) is 30.0 Å². The lowest BCUT2D eigenvalue weighted by molar-refractivity contribution is 0.866. The van der Waals surface area contributed by atoms with Crippen LogP contribution in [0.4, 0.5) is 17.1 Å². The summed E-state index contributed by atoms with van der Waals surface area (Å²) in [6.07, 6.45) is 0. The van der Waals surface area contributed by atoms with Gasteiger partial charge in [-0.05, 0) is 74.5 Å². The second-order valence-electron chi connectivity index (χ2n) is 6.05. The van der Waals surface area contributed by atoms with Gasteiger partial charge in [0.25, 0.3) is 0 Å². The number of hydrogen-bond acceptors (Lipinski definition) is 3. The summed E-state index contributed by atoms with van der Waals surface area (Å²) in [5.74, 6) is 6.32. The second-order valence-corrected chi connectivity index (χ2v) is 6.05. The standard InChI is InChI=1S/C24H23N3/c1-3-27(4-2)24-18-16-23(17-19-24)26-25-22-14-12-21(13-15-22)11-10-20-8-6-5-7-9-20/h5-9,12-19H,3-4H2,1-2H3. The molecule has 0 unspecified atom stereocenters. The van der Waals surface area contributed by atoms with Crippen LogP contribution in [0.2, 0.25) is 0 Å². The molecule has 27 heavy (non-hydrogen) atoms. The Morgan fingerprint density at radius 1 is 0.630 bits per heavy atom. The van der Waals surface area contributed by atoms with Crippen molar-refractivity contribution in [3.63, 3.8) is 0 Å². The van der Waals surface area contributed by atoms with Gasteiger partial charge in [0.05, 0.1) is 11.4 Å². The molecular formula is C24H23N3. The topological polar surface area (TPSA) is 28.0 Å². The molecule has 134 valence electrons. The minimum absolute atomic E-state index is 0.813. The molecule has 0 spiro atoms. The summed E-state index contributed by atoms with van der Waals surface area (Å²) in [7, 11) is 0. The molecule has 0 radical (unpaired) electrons. The van der Waals surface area contributed by atoms with E-state index in [2.05, 4.69) is 52.9 Å². The summed E-state index contributed by atoms with van der Waals surface area (Å²) in [5, 5.41) is 8.64. The molecule has 0 N–H and O–H groups in total. The van der Waals surface area contributed by atoms with Crippen molar-refractivity contribution in [2.24, 2.45) is 10.2 Å². The summed E-state index contributed by atoms with van der Waals surface area (Å²) in [6, 6.07) is 25.9. The van der Waals surface area contributed by atoms with Gasteiger partial charge in [0, 0.05) is 29.9 Å². The summed E-state index contributed by atoms with van der Waals surface area (Å²) in [6.45, 7) is 6.31. The lowest BCUT2D eigenvalue weighted by Crippen LogP contribution is -2.21. The molecule has 0 saturated heterocycles. The third-order valence-corrected chi connectivity index (χ3v) is 4.25. The highest BCUT2D eigenvalue weighted by molar-refractivity contribution is 5.53. The largest absolute Gasteiger partial charge is 0.372 e. The molecule has 3 nitrogen and oxygen atoms in total. The van der Waals surface area contributed by atoms with Crippen LogP contribution in [0.3, 0.4) is 0 Å². The van der Waals surface area contributed by atoms with E-state index in [0.29, 0.717) is 0 Å². The van der Waals surface area contributed by atoms with Crippen molar-refractivity contribution >= 4 is 17.1 Å². The van der Waals surface area contributed by atoms with E-state index in [1.807, 2.05) is 66.7 Å². The van der Waals surface area contributed by atoms with Gasteiger partial charge in [-0.25, -0.2) is 0 Å². The molecule has 0 aliphatic carbocycles. The van der Waals surface area contributed by atoms with Crippen LogP contribution in [0.5, 0.6) is 0 Å². The maximum absolute atomic E-state index is 4.32. The maximum Gasteiger partial charge on any atom is 0.0858 e. The highest BCUT2D eigenvalue weighted by atomic mass is 15.1. The van der Waals surface area contributed by atoms with E-state index < -0.39 is 0 Å². The third-order valence-electron chi connectivity index (χ3n) is 4.25. The monoisotopic (exact) mass is 353 g/mol. The van der Waals surface area contributed by atoms with E-state index in [1.54, 1.807) is 0 Å². The van der Waals surface area contributed by atoms with E-state index in [4.69, 9.17) is 0 Å². The highest BCUT2D eigenvalue weighted by Crippen LogP contribution is 2.22. The van der Waals surface area contributed by atoms with Gasteiger partial charge in [-0.2, -0.15) is 10.2 Å². The van der Waals surface area contributed by atoms with Gasteiger partial charge >= 0.3 is 0 Å². The zero-order valence-corrected chi connectivity index (χ0v) is 15.8. The second kappa shape index (κ2) is 9.35. The zero-order valence-electron chi connectivity index (χ0n) is 15.8. The number of rotatable bonds is 5. The molecule has 0 saturated carbocycles. The van der Waals surface area contributed by atoms with Crippen LogP contribution in [0.15, 0.2) is 89.1 Å². The number of azo groups is 1. The SMILES string of the molecule is CCN(CC)c1ccc(N=Nc2ccc(C#Cc3ccccc3)cc2)cc1. The maximum atomic E-state index is 4.32. The van der Waals surface area contributed by atoms with Gasteiger partial charge < -0.3 is 4.90 Å². The Hall–Kier alpha value is -3.38. The lowest BCUT2D eigenvalue weighted by Gasteiger charge is -2.20. The Morgan fingerprint density at radius 3 is 1.63 bits per heavy atom. The van der Waals surface area contributed by atoms with Gasteiger partial charge in [0.1, 0.15) is 0 Å². The Morgan fingerprint density at radius 2 is 1.11 bits per heavy atom. The average Bonchev–Trinajstić information content (AvgIpc) is 2.74. The van der Waals surface area contributed by atoms with Gasteiger partial charge in [0.15, 0.2) is 0 Å². The van der Waals surface area contributed by atoms with E-state index in [-0.39, 0.29) is 0 Å². The number of anilines is 1. The molecule has 3 rings (SSSR count).